The predicted molar refractivity (Wildman–Crippen MR) is 99.8 cm³/mol. The number of carbonyl (C=O) groups is 2. The summed E-state index contributed by atoms with van der Waals surface area (Å²) in [7, 11) is 1.47. The number of benzene rings is 2. The number of nitro groups is 1. The Balaban J connectivity index is 1.96. The Bertz CT molecular complexity index is 850. The van der Waals surface area contributed by atoms with Crippen LogP contribution in [0, 0.1) is 10.1 Å². The van der Waals surface area contributed by atoms with Crippen LogP contribution < -0.4 is 5.32 Å². The maximum atomic E-state index is 12.1. The smallest absolute Gasteiger partial charge is 0.276 e. The molecule has 0 bridgehead atoms. The first kappa shape index (κ1) is 19.1. The van der Waals surface area contributed by atoms with Crippen molar-refractivity contribution >= 4 is 40.9 Å². The van der Waals surface area contributed by atoms with Gasteiger partial charge in [-0.1, -0.05) is 23.7 Å². The van der Waals surface area contributed by atoms with E-state index in [-0.39, 0.29) is 18.1 Å². The summed E-state index contributed by atoms with van der Waals surface area (Å²) in [6.45, 7) is -0.164. The molecule has 0 saturated carbocycles. The molecule has 26 heavy (non-hydrogen) atoms. The number of nitro benzene ring substituents is 1. The zero-order valence-corrected chi connectivity index (χ0v) is 14.6. The van der Waals surface area contributed by atoms with Gasteiger partial charge in [0, 0.05) is 29.9 Å². The van der Waals surface area contributed by atoms with Crippen LogP contribution in [0.25, 0.3) is 6.08 Å². The van der Waals surface area contributed by atoms with Crippen molar-refractivity contribution in [3.05, 3.63) is 75.3 Å². The quantitative estimate of drug-likeness (QED) is 0.477. The zero-order chi connectivity index (χ0) is 19.1. The minimum atomic E-state index is -0.520. The molecule has 8 heteroatoms. The molecule has 0 aliphatic carbocycles. The van der Waals surface area contributed by atoms with E-state index in [1.165, 1.54) is 36.2 Å². The lowest BCUT2D eigenvalue weighted by molar-refractivity contribution is -0.385. The van der Waals surface area contributed by atoms with Gasteiger partial charge in [-0.3, -0.25) is 19.7 Å². The van der Waals surface area contributed by atoms with E-state index in [1.54, 1.807) is 36.4 Å². The zero-order valence-electron chi connectivity index (χ0n) is 13.9. The average Bonchev–Trinajstić information content (AvgIpc) is 2.61. The van der Waals surface area contributed by atoms with E-state index in [0.717, 1.165) is 0 Å². The fourth-order valence-electron chi connectivity index (χ4n) is 2.11. The predicted octanol–water partition coefficient (Wildman–Crippen LogP) is 3.36. The number of rotatable bonds is 6. The molecular weight excluding hydrogens is 358 g/mol. The molecule has 0 heterocycles. The molecule has 0 aliphatic rings. The van der Waals surface area contributed by atoms with Crippen molar-refractivity contribution in [3.63, 3.8) is 0 Å². The summed E-state index contributed by atoms with van der Waals surface area (Å²) in [6.07, 6.45) is 2.55. The van der Waals surface area contributed by atoms with Gasteiger partial charge in [0.25, 0.3) is 5.69 Å². The lowest BCUT2D eigenvalue weighted by Gasteiger charge is -2.14. The van der Waals surface area contributed by atoms with Gasteiger partial charge in [0.15, 0.2) is 0 Å². The van der Waals surface area contributed by atoms with Gasteiger partial charge in [-0.25, -0.2) is 0 Å². The molecule has 0 spiro atoms. The molecule has 0 aliphatic heterocycles. The molecule has 2 aromatic rings. The number of amides is 2. The molecule has 2 aromatic carbocycles. The fraction of sp³-hybridized carbons (Fsp3) is 0.111. The highest BCUT2D eigenvalue weighted by Gasteiger charge is 2.13. The van der Waals surface area contributed by atoms with Crippen LogP contribution in [0.4, 0.5) is 11.4 Å². The summed E-state index contributed by atoms with van der Waals surface area (Å²) >= 11 is 5.77. The number of likely N-dealkylation sites (N-methyl/N-ethyl adjacent to an activating group) is 1. The normalized spacial score (nSPS) is 10.5. The lowest BCUT2D eigenvalue weighted by atomic mass is 10.1. The summed E-state index contributed by atoms with van der Waals surface area (Å²) in [5.74, 6) is -0.823. The molecule has 2 amide bonds. The number of anilines is 1. The van der Waals surface area contributed by atoms with Crippen LogP contribution in [0.15, 0.2) is 54.6 Å². The lowest BCUT2D eigenvalue weighted by Crippen LogP contribution is -2.33. The highest BCUT2D eigenvalue weighted by atomic mass is 35.5. The van der Waals surface area contributed by atoms with Gasteiger partial charge in [0.05, 0.1) is 17.0 Å². The molecule has 0 unspecified atom stereocenters. The Morgan fingerprint density at radius 1 is 1.19 bits per heavy atom. The maximum Gasteiger partial charge on any atom is 0.276 e. The second-order valence-corrected chi connectivity index (χ2v) is 5.84. The van der Waals surface area contributed by atoms with Crippen LogP contribution in [-0.2, 0) is 9.59 Å². The SMILES string of the molecule is CN(CC(=O)Nc1ccc(Cl)cc1)C(=O)/C=C/c1ccccc1[N+](=O)[O-]. The summed E-state index contributed by atoms with van der Waals surface area (Å²) in [5.41, 5.74) is 0.778. The summed E-state index contributed by atoms with van der Waals surface area (Å²) in [6, 6.07) is 12.7. The second kappa shape index (κ2) is 8.77. The van der Waals surface area contributed by atoms with Gasteiger partial charge >= 0.3 is 0 Å². The van der Waals surface area contributed by atoms with Crippen molar-refractivity contribution in [3.8, 4) is 0 Å². The third kappa shape index (κ3) is 5.42. The van der Waals surface area contributed by atoms with Gasteiger partial charge in [0.1, 0.15) is 0 Å². The van der Waals surface area contributed by atoms with E-state index in [4.69, 9.17) is 11.6 Å². The Kier molecular flexibility index (Phi) is 6.46. The number of hydrogen-bond donors (Lipinski definition) is 1. The van der Waals surface area contributed by atoms with Crippen LogP contribution in [-0.4, -0.2) is 35.2 Å². The highest BCUT2D eigenvalue weighted by Crippen LogP contribution is 2.19. The van der Waals surface area contributed by atoms with E-state index < -0.39 is 10.8 Å². The molecule has 0 atom stereocenters. The molecule has 0 saturated heterocycles. The van der Waals surface area contributed by atoms with Crippen molar-refractivity contribution in [2.75, 3.05) is 18.9 Å². The monoisotopic (exact) mass is 373 g/mol. The third-order valence-electron chi connectivity index (χ3n) is 3.42. The van der Waals surface area contributed by atoms with Crippen molar-refractivity contribution in [1.82, 2.24) is 4.90 Å². The van der Waals surface area contributed by atoms with E-state index >= 15 is 0 Å². The van der Waals surface area contributed by atoms with Crippen LogP contribution in [0.2, 0.25) is 5.02 Å². The van der Waals surface area contributed by atoms with Crippen LogP contribution >= 0.6 is 11.6 Å². The summed E-state index contributed by atoms with van der Waals surface area (Å²) in [5, 5.41) is 14.2. The van der Waals surface area contributed by atoms with Gasteiger partial charge in [0.2, 0.25) is 11.8 Å². The van der Waals surface area contributed by atoms with E-state index in [1.807, 2.05) is 0 Å². The fourth-order valence-corrected chi connectivity index (χ4v) is 2.24. The summed E-state index contributed by atoms with van der Waals surface area (Å²) in [4.78, 5) is 35.7. The Morgan fingerprint density at radius 3 is 2.50 bits per heavy atom. The first-order valence-electron chi connectivity index (χ1n) is 7.59. The summed E-state index contributed by atoms with van der Waals surface area (Å²) < 4.78 is 0. The van der Waals surface area contributed by atoms with Crippen LogP contribution in [0.3, 0.4) is 0 Å². The molecule has 0 aromatic heterocycles. The van der Waals surface area contributed by atoms with Gasteiger partial charge in [-0.05, 0) is 36.4 Å². The van der Waals surface area contributed by atoms with Crippen LogP contribution in [0.5, 0.6) is 0 Å². The van der Waals surface area contributed by atoms with E-state index in [2.05, 4.69) is 5.32 Å². The van der Waals surface area contributed by atoms with Gasteiger partial charge < -0.3 is 10.2 Å². The average molecular weight is 374 g/mol. The van der Waals surface area contributed by atoms with Gasteiger partial charge in [-0.2, -0.15) is 0 Å². The first-order chi connectivity index (χ1) is 12.4. The Hall–Kier alpha value is -3.19. The van der Waals surface area contributed by atoms with Crippen LogP contribution in [0.1, 0.15) is 5.56 Å². The number of hydrogen-bond acceptors (Lipinski definition) is 4. The molecule has 134 valence electrons. The topological polar surface area (TPSA) is 92.6 Å². The molecule has 0 radical (unpaired) electrons. The molecule has 2 rings (SSSR count). The standard InChI is InChI=1S/C18H16ClN3O4/c1-21(12-17(23)20-15-9-7-14(19)8-10-15)18(24)11-6-13-4-2-3-5-16(13)22(25)26/h2-11H,12H2,1H3,(H,20,23)/b11-6+. The van der Waals surface area contributed by atoms with Crippen molar-refractivity contribution in [2.45, 2.75) is 0 Å². The van der Waals surface area contributed by atoms with E-state index in [0.29, 0.717) is 16.3 Å². The number of halogens is 1. The van der Waals surface area contributed by atoms with Crippen molar-refractivity contribution < 1.29 is 14.5 Å². The highest BCUT2D eigenvalue weighted by molar-refractivity contribution is 6.30. The number of nitrogens with one attached hydrogen (secondary N) is 1. The molecular formula is C18H16ClN3O4. The third-order valence-corrected chi connectivity index (χ3v) is 3.68. The Morgan fingerprint density at radius 2 is 1.85 bits per heavy atom. The van der Waals surface area contributed by atoms with Gasteiger partial charge in [-0.15, -0.1) is 0 Å². The van der Waals surface area contributed by atoms with E-state index in [9.17, 15) is 19.7 Å². The number of nitrogens with zero attached hydrogens (tertiary/aromatic N) is 2. The molecule has 0 fully saturated rings. The first-order valence-corrected chi connectivity index (χ1v) is 7.96. The maximum absolute atomic E-state index is 12.1. The second-order valence-electron chi connectivity index (χ2n) is 5.40. The van der Waals surface area contributed by atoms with Crippen molar-refractivity contribution in [2.24, 2.45) is 0 Å². The molecule has 7 nitrogen and oxygen atoms in total. The Labute approximate surface area is 155 Å². The number of para-hydroxylation sites is 1. The number of carbonyl (C=O) groups excluding carboxylic acids is 2. The van der Waals surface area contributed by atoms with Crippen molar-refractivity contribution in [1.29, 1.82) is 0 Å². The largest absolute Gasteiger partial charge is 0.333 e. The molecule has 1 N–H and O–H groups in total. The minimum absolute atomic E-state index is 0.0975. The minimum Gasteiger partial charge on any atom is -0.333 e.